The minimum Gasteiger partial charge on any atom is -0.368 e. The number of benzene rings is 1. The first-order valence-corrected chi connectivity index (χ1v) is 8.61. The largest absolute Gasteiger partial charge is 0.368 e. The van der Waals surface area contributed by atoms with Crippen molar-refractivity contribution >= 4 is 29.2 Å². The molecular weight excluding hydrogens is 328 g/mol. The van der Waals surface area contributed by atoms with Gasteiger partial charge in [-0.05, 0) is 32.9 Å². The molecule has 0 aliphatic carbocycles. The molecule has 0 saturated carbocycles. The molecule has 1 heterocycles. The van der Waals surface area contributed by atoms with Gasteiger partial charge in [0.05, 0.1) is 16.8 Å². The van der Waals surface area contributed by atoms with E-state index in [2.05, 4.69) is 20.4 Å². The number of anilines is 1. The number of carbonyl (C=O) groups is 2. The van der Waals surface area contributed by atoms with Crippen LogP contribution in [0.25, 0.3) is 0 Å². The standard InChI is InChI=1S/C17H25ClN4O2/c1-12(2)19-17(24)20-16(23)13(3)21-8-10-22(11-9-21)15-7-5-4-6-14(15)18/h4-7,12-13H,8-11H2,1-3H3,(H2,19,20,23,24). The Hall–Kier alpha value is -1.79. The number of nitrogens with one attached hydrogen (secondary N) is 2. The minimum atomic E-state index is -0.448. The molecular formula is C17H25ClN4O2. The molecule has 0 bridgehead atoms. The summed E-state index contributed by atoms with van der Waals surface area (Å²) in [5, 5.41) is 5.79. The summed E-state index contributed by atoms with van der Waals surface area (Å²) in [5.41, 5.74) is 1.02. The number of halogens is 1. The molecule has 1 aliphatic rings. The van der Waals surface area contributed by atoms with Crippen molar-refractivity contribution in [3.8, 4) is 0 Å². The van der Waals surface area contributed by atoms with Crippen LogP contribution in [0.3, 0.4) is 0 Å². The lowest BCUT2D eigenvalue weighted by Gasteiger charge is -2.38. The maximum Gasteiger partial charge on any atom is 0.321 e. The number of hydrogen-bond donors (Lipinski definition) is 2. The summed E-state index contributed by atoms with van der Waals surface area (Å²) in [6, 6.07) is 6.96. The van der Waals surface area contributed by atoms with Crippen molar-refractivity contribution in [2.45, 2.75) is 32.9 Å². The molecule has 1 aliphatic heterocycles. The van der Waals surface area contributed by atoms with Gasteiger partial charge < -0.3 is 10.2 Å². The Morgan fingerprint density at radius 3 is 2.29 bits per heavy atom. The van der Waals surface area contributed by atoms with E-state index in [0.29, 0.717) is 0 Å². The van der Waals surface area contributed by atoms with Crippen LogP contribution in [0.2, 0.25) is 5.02 Å². The van der Waals surface area contributed by atoms with E-state index in [1.54, 1.807) is 0 Å². The summed E-state index contributed by atoms with van der Waals surface area (Å²) in [7, 11) is 0. The number of piperazine rings is 1. The summed E-state index contributed by atoms with van der Waals surface area (Å²) in [5.74, 6) is -0.278. The number of rotatable bonds is 4. The first kappa shape index (κ1) is 18.5. The van der Waals surface area contributed by atoms with E-state index in [-0.39, 0.29) is 18.0 Å². The average molecular weight is 353 g/mol. The minimum absolute atomic E-state index is 0.00716. The van der Waals surface area contributed by atoms with E-state index in [0.717, 1.165) is 36.9 Å². The molecule has 7 heteroatoms. The zero-order valence-corrected chi connectivity index (χ0v) is 15.1. The molecule has 132 valence electrons. The summed E-state index contributed by atoms with van der Waals surface area (Å²) in [6.45, 7) is 8.59. The summed E-state index contributed by atoms with van der Waals surface area (Å²) in [6.07, 6.45) is 0. The lowest BCUT2D eigenvalue weighted by Crippen LogP contribution is -2.55. The maximum absolute atomic E-state index is 12.2. The van der Waals surface area contributed by atoms with Crippen molar-refractivity contribution in [2.75, 3.05) is 31.1 Å². The second kappa shape index (κ2) is 8.35. The lowest BCUT2D eigenvalue weighted by atomic mass is 10.2. The molecule has 1 aromatic rings. The SMILES string of the molecule is CC(C)NC(=O)NC(=O)C(C)N1CCN(c2ccccc2Cl)CC1. The highest BCUT2D eigenvalue weighted by Crippen LogP contribution is 2.26. The Morgan fingerprint density at radius 1 is 1.08 bits per heavy atom. The van der Waals surface area contributed by atoms with Crippen LogP contribution in [0.15, 0.2) is 24.3 Å². The van der Waals surface area contributed by atoms with Crippen LogP contribution in [0, 0.1) is 0 Å². The number of carbonyl (C=O) groups excluding carboxylic acids is 2. The zero-order valence-electron chi connectivity index (χ0n) is 14.4. The van der Waals surface area contributed by atoms with E-state index >= 15 is 0 Å². The number of amides is 3. The molecule has 6 nitrogen and oxygen atoms in total. The van der Waals surface area contributed by atoms with E-state index < -0.39 is 6.03 Å². The molecule has 1 aromatic carbocycles. The summed E-state index contributed by atoms with van der Waals surface area (Å²) >= 11 is 6.24. The highest BCUT2D eigenvalue weighted by Gasteiger charge is 2.27. The normalized spacial score (nSPS) is 16.8. The van der Waals surface area contributed by atoms with Crippen molar-refractivity contribution in [3.63, 3.8) is 0 Å². The summed E-state index contributed by atoms with van der Waals surface area (Å²) in [4.78, 5) is 28.1. The third kappa shape index (κ3) is 4.85. The predicted octanol–water partition coefficient (Wildman–Crippen LogP) is 2.08. The molecule has 3 amide bonds. The number of para-hydroxylation sites is 1. The molecule has 1 saturated heterocycles. The Labute approximate surface area is 148 Å². The van der Waals surface area contributed by atoms with Crippen LogP contribution in [0.4, 0.5) is 10.5 Å². The topological polar surface area (TPSA) is 64.7 Å². The molecule has 1 fully saturated rings. The predicted molar refractivity (Wildman–Crippen MR) is 96.5 cm³/mol. The quantitative estimate of drug-likeness (QED) is 0.870. The first-order chi connectivity index (χ1) is 11.4. The smallest absolute Gasteiger partial charge is 0.321 e. The van der Waals surface area contributed by atoms with E-state index in [1.165, 1.54) is 0 Å². The monoisotopic (exact) mass is 352 g/mol. The first-order valence-electron chi connectivity index (χ1n) is 8.23. The molecule has 2 rings (SSSR count). The number of urea groups is 1. The molecule has 0 aromatic heterocycles. The fourth-order valence-electron chi connectivity index (χ4n) is 2.74. The van der Waals surface area contributed by atoms with Crippen LogP contribution in [0.1, 0.15) is 20.8 Å². The van der Waals surface area contributed by atoms with Gasteiger partial charge in [-0.1, -0.05) is 23.7 Å². The molecule has 1 unspecified atom stereocenters. The van der Waals surface area contributed by atoms with Gasteiger partial charge in [-0.3, -0.25) is 15.0 Å². The van der Waals surface area contributed by atoms with Gasteiger partial charge in [0.1, 0.15) is 0 Å². The highest BCUT2D eigenvalue weighted by molar-refractivity contribution is 6.33. The van der Waals surface area contributed by atoms with Gasteiger partial charge in [0.2, 0.25) is 5.91 Å². The Kier molecular flexibility index (Phi) is 6.45. The number of nitrogens with zero attached hydrogens (tertiary/aromatic N) is 2. The van der Waals surface area contributed by atoms with E-state index in [1.807, 2.05) is 45.0 Å². The molecule has 1 atom stereocenters. The van der Waals surface area contributed by atoms with Crippen LogP contribution < -0.4 is 15.5 Å². The zero-order chi connectivity index (χ0) is 17.7. The Morgan fingerprint density at radius 2 is 1.71 bits per heavy atom. The second-order valence-electron chi connectivity index (χ2n) is 6.27. The number of imide groups is 1. The highest BCUT2D eigenvalue weighted by atomic mass is 35.5. The van der Waals surface area contributed by atoms with Crippen LogP contribution in [-0.2, 0) is 4.79 Å². The van der Waals surface area contributed by atoms with Crippen molar-refractivity contribution < 1.29 is 9.59 Å². The Bertz CT molecular complexity index is 586. The van der Waals surface area contributed by atoms with Gasteiger partial charge >= 0.3 is 6.03 Å². The van der Waals surface area contributed by atoms with E-state index in [9.17, 15) is 9.59 Å². The van der Waals surface area contributed by atoms with Crippen LogP contribution in [0.5, 0.6) is 0 Å². The van der Waals surface area contributed by atoms with Crippen molar-refractivity contribution in [1.82, 2.24) is 15.5 Å². The summed E-state index contributed by atoms with van der Waals surface area (Å²) < 4.78 is 0. The third-order valence-corrected chi connectivity index (χ3v) is 4.41. The second-order valence-corrected chi connectivity index (χ2v) is 6.68. The molecule has 2 N–H and O–H groups in total. The molecule has 24 heavy (non-hydrogen) atoms. The van der Waals surface area contributed by atoms with Gasteiger partial charge in [-0.15, -0.1) is 0 Å². The average Bonchev–Trinajstić information content (AvgIpc) is 2.54. The van der Waals surface area contributed by atoms with Crippen molar-refractivity contribution in [3.05, 3.63) is 29.3 Å². The number of hydrogen-bond acceptors (Lipinski definition) is 4. The fraction of sp³-hybridized carbons (Fsp3) is 0.529. The van der Waals surface area contributed by atoms with Crippen molar-refractivity contribution in [2.24, 2.45) is 0 Å². The van der Waals surface area contributed by atoms with Gasteiger partial charge in [-0.25, -0.2) is 4.79 Å². The van der Waals surface area contributed by atoms with Crippen LogP contribution in [-0.4, -0.2) is 55.1 Å². The third-order valence-electron chi connectivity index (χ3n) is 4.09. The van der Waals surface area contributed by atoms with E-state index in [4.69, 9.17) is 11.6 Å². The van der Waals surface area contributed by atoms with Gasteiger partial charge in [0.15, 0.2) is 0 Å². The van der Waals surface area contributed by atoms with Gasteiger partial charge in [-0.2, -0.15) is 0 Å². The molecule has 0 spiro atoms. The fourth-order valence-corrected chi connectivity index (χ4v) is 2.99. The van der Waals surface area contributed by atoms with Crippen LogP contribution >= 0.6 is 11.6 Å². The Balaban J connectivity index is 1.86. The maximum atomic E-state index is 12.2. The van der Waals surface area contributed by atoms with Gasteiger partial charge in [0, 0.05) is 32.2 Å². The van der Waals surface area contributed by atoms with Gasteiger partial charge in [0.25, 0.3) is 0 Å². The lowest BCUT2D eigenvalue weighted by molar-refractivity contribution is -0.124. The molecule has 0 radical (unpaired) electrons. The van der Waals surface area contributed by atoms with Crippen molar-refractivity contribution in [1.29, 1.82) is 0 Å².